The van der Waals surface area contributed by atoms with Gasteiger partial charge in [-0.05, 0) is 29.7 Å². The highest BCUT2D eigenvalue weighted by molar-refractivity contribution is 5.76. The summed E-state index contributed by atoms with van der Waals surface area (Å²) in [5.41, 5.74) is -1.05. The number of carbonyl (C=O) groups is 1. The molecule has 6 nitrogen and oxygen atoms in total. The first-order valence-corrected chi connectivity index (χ1v) is 7.09. The zero-order chi connectivity index (χ0) is 13.9. The summed E-state index contributed by atoms with van der Waals surface area (Å²) in [5, 5.41) is 21.1. The van der Waals surface area contributed by atoms with Gasteiger partial charge in [0.1, 0.15) is 0 Å². The van der Waals surface area contributed by atoms with Crippen molar-refractivity contribution in [3.8, 4) is 0 Å². The summed E-state index contributed by atoms with van der Waals surface area (Å²) in [5.74, 6) is 0.416. The minimum absolute atomic E-state index is 0.463. The van der Waals surface area contributed by atoms with Gasteiger partial charge >= 0.3 is 5.97 Å². The number of hydrogen-bond donors (Lipinski definition) is 1. The molecule has 19 heavy (non-hydrogen) atoms. The largest absolute Gasteiger partial charge is 0.479 e. The molecule has 1 atom stereocenters. The van der Waals surface area contributed by atoms with Gasteiger partial charge in [0.25, 0.3) is 0 Å². The van der Waals surface area contributed by atoms with E-state index in [1.54, 1.807) is 6.92 Å². The van der Waals surface area contributed by atoms with Crippen LogP contribution in [0.15, 0.2) is 0 Å². The van der Waals surface area contributed by atoms with Crippen LogP contribution in [0.25, 0.3) is 0 Å². The lowest BCUT2D eigenvalue weighted by atomic mass is 9.86. The van der Waals surface area contributed by atoms with E-state index in [0.717, 1.165) is 6.42 Å². The second-order valence-electron chi connectivity index (χ2n) is 5.65. The Morgan fingerprint density at radius 1 is 1.42 bits per heavy atom. The number of aromatic nitrogens is 4. The minimum Gasteiger partial charge on any atom is -0.479 e. The monoisotopic (exact) mass is 266 g/mol. The molecule has 1 aliphatic rings. The number of nitrogens with zero attached hydrogens (tertiary/aromatic N) is 4. The van der Waals surface area contributed by atoms with Crippen molar-refractivity contribution >= 4 is 5.97 Å². The van der Waals surface area contributed by atoms with Crippen LogP contribution in [-0.2, 0) is 16.8 Å². The number of tetrazole rings is 1. The van der Waals surface area contributed by atoms with Crippen molar-refractivity contribution in [3.05, 3.63) is 5.82 Å². The molecule has 1 heterocycles. The van der Waals surface area contributed by atoms with Crippen molar-refractivity contribution < 1.29 is 9.90 Å². The maximum atomic E-state index is 11.5. The van der Waals surface area contributed by atoms with Crippen LogP contribution in [0.1, 0.15) is 58.2 Å². The molecule has 0 saturated heterocycles. The lowest BCUT2D eigenvalue weighted by Crippen LogP contribution is -2.40. The van der Waals surface area contributed by atoms with Crippen molar-refractivity contribution in [1.82, 2.24) is 20.2 Å². The standard InChI is InChI=1S/C13H22N4O2/c1-3-13(2,12(18)19)17-11(14-15-16-17)9-10-7-5-4-6-8-10/h10H,3-9H2,1-2H3,(H,18,19). The maximum absolute atomic E-state index is 11.5. The van der Waals surface area contributed by atoms with Crippen molar-refractivity contribution in [1.29, 1.82) is 0 Å². The van der Waals surface area contributed by atoms with E-state index < -0.39 is 11.5 Å². The molecule has 1 aliphatic carbocycles. The quantitative estimate of drug-likeness (QED) is 0.881. The molecule has 0 bridgehead atoms. The number of hydrogen-bond acceptors (Lipinski definition) is 4. The number of carboxylic acids is 1. The predicted molar refractivity (Wildman–Crippen MR) is 69.7 cm³/mol. The lowest BCUT2D eigenvalue weighted by molar-refractivity contribution is -0.147. The highest BCUT2D eigenvalue weighted by atomic mass is 16.4. The molecule has 1 N–H and O–H groups in total. The van der Waals surface area contributed by atoms with Crippen LogP contribution in [0, 0.1) is 5.92 Å². The Hall–Kier alpha value is -1.46. The average molecular weight is 266 g/mol. The molecule has 0 spiro atoms. The first-order chi connectivity index (χ1) is 9.08. The van der Waals surface area contributed by atoms with Crippen LogP contribution in [0.5, 0.6) is 0 Å². The van der Waals surface area contributed by atoms with E-state index in [1.807, 2.05) is 6.92 Å². The van der Waals surface area contributed by atoms with Gasteiger partial charge in [-0.15, -0.1) is 5.10 Å². The van der Waals surface area contributed by atoms with Crippen LogP contribution in [0.4, 0.5) is 0 Å². The van der Waals surface area contributed by atoms with E-state index in [9.17, 15) is 9.90 Å². The fraction of sp³-hybridized carbons (Fsp3) is 0.846. The normalized spacial score (nSPS) is 20.1. The highest BCUT2D eigenvalue weighted by Gasteiger charge is 2.37. The van der Waals surface area contributed by atoms with Gasteiger partial charge in [0.05, 0.1) is 0 Å². The Kier molecular flexibility index (Phi) is 4.17. The zero-order valence-corrected chi connectivity index (χ0v) is 11.7. The van der Waals surface area contributed by atoms with Crippen molar-refractivity contribution in [2.75, 3.05) is 0 Å². The Labute approximate surface area is 113 Å². The molecular formula is C13H22N4O2. The molecule has 0 amide bonds. The molecular weight excluding hydrogens is 244 g/mol. The summed E-state index contributed by atoms with van der Waals surface area (Å²) < 4.78 is 1.50. The summed E-state index contributed by atoms with van der Waals surface area (Å²) in [4.78, 5) is 11.5. The highest BCUT2D eigenvalue weighted by Crippen LogP contribution is 2.28. The molecule has 1 saturated carbocycles. The van der Waals surface area contributed by atoms with Gasteiger partial charge in [0, 0.05) is 6.42 Å². The van der Waals surface area contributed by atoms with Crippen LogP contribution < -0.4 is 0 Å². The molecule has 2 rings (SSSR count). The smallest absolute Gasteiger partial charge is 0.331 e. The summed E-state index contributed by atoms with van der Waals surface area (Å²) in [6, 6.07) is 0. The fourth-order valence-corrected chi connectivity index (χ4v) is 2.76. The third-order valence-electron chi connectivity index (χ3n) is 4.35. The van der Waals surface area contributed by atoms with Gasteiger partial charge in [-0.1, -0.05) is 39.0 Å². The first kappa shape index (κ1) is 14.0. The molecule has 106 valence electrons. The second kappa shape index (κ2) is 5.67. The van der Waals surface area contributed by atoms with Crippen LogP contribution in [-0.4, -0.2) is 31.3 Å². The predicted octanol–water partition coefficient (Wildman–Crippen LogP) is 2.01. The first-order valence-electron chi connectivity index (χ1n) is 7.09. The summed E-state index contributed by atoms with van der Waals surface area (Å²) in [6.45, 7) is 3.52. The summed E-state index contributed by atoms with van der Waals surface area (Å²) in [7, 11) is 0. The molecule has 1 unspecified atom stereocenters. The van der Waals surface area contributed by atoms with E-state index in [-0.39, 0.29) is 0 Å². The molecule has 1 aromatic rings. The van der Waals surface area contributed by atoms with E-state index in [2.05, 4.69) is 15.5 Å². The fourth-order valence-electron chi connectivity index (χ4n) is 2.76. The number of carboxylic acid groups (broad SMARTS) is 1. The zero-order valence-electron chi connectivity index (χ0n) is 11.7. The van der Waals surface area contributed by atoms with Gasteiger partial charge in [-0.25, -0.2) is 9.48 Å². The molecule has 1 fully saturated rings. The van der Waals surface area contributed by atoms with Crippen LogP contribution >= 0.6 is 0 Å². The summed E-state index contributed by atoms with van der Waals surface area (Å²) in [6.07, 6.45) is 7.47. The number of rotatable bonds is 5. The Balaban J connectivity index is 2.19. The van der Waals surface area contributed by atoms with E-state index >= 15 is 0 Å². The topological polar surface area (TPSA) is 80.9 Å². The molecule has 0 radical (unpaired) electrons. The minimum atomic E-state index is -1.05. The van der Waals surface area contributed by atoms with Crippen molar-refractivity contribution in [3.63, 3.8) is 0 Å². The van der Waals surface area contributed by atoms with Gasteiger partial charge in [0.15, 0.2) is 11.4 Å². The Bertz CT molecular complexity index is 440. The van der Waals surface area contributed by atoms with Crippen molar-refractivity contribution in [2.24, 2.45) is 5.92 Å². The maximum Gasteiger partial charge on any atom is 0.331 e. The third kappa shape index (κ3) is 2.77. The van der Waals surface area contributed by atoms with Gasteiger partial charge in [-0.2, -0.15) is 0 Å². The Morgan fingerprint density at radius 3 is 2.68 bits per heavy atom. The van der Waals surface area contributed by atoms with Crippen LogP contribution in [0.2, 0.25) is 0 Å². The molecule has 6 heteroatoms. The molecule has 1 aromatic heterocycles. The van der Waals surface area contributed by atoms with E-state index in [1.165, 1.54) is 36.8 Å². The molecule has 0 aliphatic heterocycles. The van der Waals surface area contributed by atoms with Crippen molar-refractivity contribution in [2.45, 2.75) is 64.3 Å². The van der Waals surface area contributed by atoms with Crippen LogP contribution in [0.3, 0.4) is 0 Å². The Morgan fingerprint density at radius 2 is 2.11 bits per heavy atom. The van der Waals surface area contributed by atoms with Gasteiger partial charge < -0.3 is 5.11 Å². The van der Waals surface area contributed by atoms with E-state index in [0.29, 0.717) is 18.2 Å². The summed E-state index contributed by atoms with van der Waals surface area (Å²) >= 11 is 0. The van der Waals surface area contributed by atoms with Gasteiger partial charge in [-0.3, -0.25) is 0 Å². The third-order valence-corrected chi connectivity index (χ3v) is 4.35. The SMILES string of the molecule is CCC(C)(C(=O)O)n1nnnc1CC1CCCCC1. The second-order valence-corrected chi connectivity index (χ2v) is 5.65. The number of aliphatic carboxylic acids is 1. The molecule has 0 aromatic carbocycles. The van der Waals surface area contributed by atoms with E-state index in [4.69, 9.17) is 0 Å². The van der Waals surface area contributed by atoms with Gasteiger partial charge in [0.2, 0.25) is 0 Å². The lowest BCUT2D eigenvalue weighted by Gasteiger charge is -2.26. The average Bonchev–Trinajstić information content (AvgIpc) is 2.87.